The molecule has 0 radical (unpaired) electrons. The molecule has 0 atom stereocenters. The van der Waals surface area contributed by atoms with Gasteiger partial charge in [0.05, 0.1) is 7.11 Å². The van der Waals surface area contributed by atoms with Crippen LogP contribution in [0.2, 0.25) is 5.15 Å². The van der Waals surface area contributed by atoms with Gasteiger partial charge in [0.15, 0.2) is 17.0 Å². The maximum atomic E-state index is 9.51. The van der Waals surface area contributed by atoms with E-state index in [0.717, 1.165) is 31.9 Å². The van der Waals surface area contributed by atoms with Crippen molar-refractivity contribution >= 4 is 40.2 Å². The maximum absolute atomic E-state index is 9.51. The van der Waals surface area contributed by atoms with Gasteiger partial charge in [-0.05, 0) is 36.4 Å². The van der Waals surface area contributed by atoms with Gasteiger partial charge in [0.2, 0.25) is 11.8 Å². The van der Waals surface area contributed by atoms with Crippen LogP contribution < -0.4 is 20.3 Å². The van der Waals surface area contributed by atoms with Gasteiger partial charge in [0.1, 0.15) is 22.9 Å². The average Bonchev–Trinajstić information content (AvgIpc) is 3.24. The molecule has 1 aliphatic heterocycles. The first-order valence-electron chi connectivity index (χ1n) is 10.0. The smallest absolute Gasteiger partial charge is 0.239 e. The number of piperazine rings is 1. The lowest BCUT2D eigenvalue weighted by molar-refractivity contribution is 0.396. The van der Waals surface area contributed by atoms with Crippen molar-refractivity contribution in [2.75, 3.05) is 48.8 Å². The highest BCUT2D eigenvalue weighted by Gasteiger charge is 2.22. The molecule has 0 saturated carbocycles. The summed E-state index contributed by atoms with van der Waals surface area (Å²) >= 11 is 6.01. The van der Waals surface area contributed by atoms with E-state index >= 15 is 0 Å². The number of fused-ring (bicyclic) bond motifs is 1. The van der Waals surface area contributed by atoms with Crippen molar-refractivity contribution in [3.8, 4) is 17.3 Å². The fraction of sp³-hybridized carbons (Fsp3) is 0.238. The van der Waals surface area contributed by atoms with Crippen LogP contribution in [0, 0.1) is 0 Å². The minimum absolute atomic E-state index is 0.258. The van der Waals surface area contributed by atoms with Gasteiger partial charge < -0.3 is 25.4 Å². The molecule has 11 heteroatoms. The summed E-state index contributed by atoms with van der Waals surface area (Å²) in [6.07, 6.45) is 1.62. The van der Waals surface area contributed by atoms with E-state index in [1.54, 1.807) is 35.2 Å². The lowest BCUT2D eigenvalue weighted by atomic mass is 10.2. The summed E-state index contributed by atoms with van der Waals surface area (Å²) in [5.74, 6) is 1.47. The molecule has 3 N–H and O–H groups in total. The molecule has 4 heterocycles. The normalized spacial score (nSPS) is 14.2. The van der Waals surface area contributed by atoms with Crippen LogP contribution in [0.5, 0.6) is 11.6 Å². The van der Waals surface area contributed by atoms with Crippen molar-refractivity contribution in [3.05, 3.63) is 47.9 Å². The molecule has 4 aromatic rings. The quantitative estimate of drug-likeness (QED) is 0.450. The highest BCUT2D eigenvalue weighted by molar-refractivity contribution is 6.29. The van der Waals surface area contributed by atoms with Crippen LogP contribution in [-0.2, 0) is 0 Å². The topological polar surface area (TPSA) is 118 Å². The molecule has 0 unspecified atom stereocenters. The average molecular weight is 453 g/mol. The van der Waals surface area contributed by atoms with E-state index in [-0.39, 0.29) is 5.75 Å². The number of benzene rings is 1. The molecule has 164 valence electrons. The van der Waals surface area contributed by atoms with Crippen LogP contribution in [0.4, 0.5) is 17.5 Å². The molecule has 1 aromatic carbocycles. The fourth-order valence-corrected chi connectivity index (χ4v) is 3.94. The van der Waals surface area contributed by atoms with E-state index in [0.29, 0.717) is 39.7 Å². The second-order valence-corrected chi connectivity index (χ2v) is 7.74. The Bertz CT molecular complexity index is 1270. The third-order valence-electron chi connectivity index (χ3n) is 5.45. The number of halogens is 1. The minimum Gasteiger partial charge on any atom is -0.508 e. The second-order valence-electron chi connectivity index (χ2n) is 7.35. The van der Waals surface area contributed by atoms with Gasteiger partial charge in [0.25, 0.3) is 0 Å². The number of rotatable bonds is 4. The number of hydrogen-bond donors (Lipinski definition) is 2. The van der Waals surface area contributed by atoms with Gasteiger partial charge in [0, 0.05) is 31.9 Å². The standard InChI is InChI=1S/C21H21ClN8O2/c1-32-20-15(6-7-16(22)25-20)30-12-24-17-18(23)26-21(27-19(17)30)29-10-8-28(9-11-29)13-2-4-14(31)5-3-13/h2-7,12,31H,8-11H2,1H3,(H2,23,26,27). The highest BCUT2D eigenvalue weighted by atomic mass is 35.5. The van der Waals surface area contributed by atoms with Crippen LogP contribution in [0.3, 0.4) is 0 Å². The fourth-order valence-electron chi connectivity index (χ4n) is 3.80. The molecule has 1 fully saturated rings. The maximum Gasteiger partial charge on any atom is 0.239 e. The number of phenols is 1. The van der Waals surface area contributed by atoms with Crippen LogP contribution >= 0.6 is 11.6 Å². The second kappa shape index (κ2) is 8.04. The van der Waals surface area contributed by atoms with Gasteiger partial charge in [-0.15, -0.1) is 0 Å². The number of nitrogens with two attached hydrogens (primary N) is 1. The van der Waals surface area contributed by atoms with Gasteiger partial charge in [-0.25, -0.2) is 4.98 Å². The van der Waals surface area contributed by atoms with E-state index in [2.05, 4.69) is 24.8 Å². The van der Waals surface area contributed by atoms with Gasteiger partial charge in [-0.1, -0.05) is 11.6 Å². The van der Waals surface area contributed by atoms with Crippen LogP contribution in [0.1, 0.15) is 0 Å². The van der Waals surface area contributed by atoms with E-state index in [1.165, 1.54) is 7.11 Å². The Morgan fingerprint density at radius 2 is 1.69 bits per heavy atom. The molecule has 32 heavy (non-hydrogen) atoms. The van der Waals surface area contributed by atoms with E-state index in [9.17, 15) is 5.11 Å². The molecule has 0 aliphatic carbocycles. The minimum atomic E-state index is 0.258. The number of anilines is 3. The van der Waals surface area contributed by atoms with Crippen molar-refractivity contribution in [2.24, 2.45) is 0 Å². The Hall–Kier alpha value is -3.79. The Morgan fingerprint density at radius 3 is 2.41 bits per heavy atom. The van der Waals surface area contributed by atoms with E-state index in [1.807, 2.05) is 12.1 Å². The number of hydrogen-bond acceptors (Lipinski definition) is 9. The summed E-state index contributed by atoms with van der Waals surface area (Å²) < 4.78 is 7.16. The first-order valence-corrected chi connectivity index (χ1v) is 10.4. The molecule has 10 nitrogen and oxygen atoms in total. The van der Waals surface area contributed by atoms with E-state index in [4.69, 9.17) is 27.1 Å². The van der Waals surface area contributed by atoms with Crippen LogP contribution in [0.15, 0.2) is 42.7 Å². The molecule has 1 aliphatic rings. The highest BCUT2D eigenvalue weighted by Crippen LogP contribution is 2.29. The number of phenolic OH excluding ortho intramolecular Hbond substituents is 1. The molecular weight excluding hydrogens is 432 g/mol. The zero-order valence-corrected chi connectivity index (χ0v) is 18.1. The van der Waals surface area contributed by atoms with Gasteiger partial charge in [-0.2, -0.15) is 15.0 Å². The van der Waals surface area contributed by atoms with Crippen molar-refractivity contribution in [1.82, 2.24) is 24.5 Å². The number of ether oxygens (including phenoxy) is 1. The number of pyridine rings is 1. The van der Waals surface area contributed by atoms with Gasteiger partial charge in [-0.3, -0.25) is 4.57 Å². The number of methoxy groups -OCH3 is 1. The first-order chi connectivity index (χ1) is 15.5. The SMILES string of the molecule is COc1nc(Cl)ccc1-n1cnc2c(N)nc(N3CCN(c4ccc(O)cc4)CC3)nc21. The number of aromatic nitrogens is 5. The lowest BCUT2D eigenvalue weighted by Crippen LogP contribution is -2.47. The van der Waals surface area contributed by atoms with Crippen molar-refractivity contribution in [2.45, 2.75) is 0 Å². The molecule has 0 spiro atoms. The largest absolute Gasteiger partial charge is 0.508 e. The first kappa shape index (κ1) is 20.1. The summed E-state index contributed by atoms with van der Waals surface area (Å²) in [7, 11) is 1.53. The van der Waals surface area contributed by atoms with Crippen molar-refractivity contribution in [1.29, 1.82) is 0 Å². The third-order valence-corrected chi connectivity index (χ3v) is 5.66. The predicted molar refractivity (Wildman–Crippen MR) is 123 cm³/mol. The van der Waals surface area contributed by atoms with Crippen molar-refractivity contribution in [3.63, 3.8) is 0 Å². The third kappa shape index (κ3) is 3.58. The molecule has 3 aromatic heterocycles. The van der Waals surface area contributed by atoms with Gasteiger partial charge >= 0.3 is 0 Å². The molecule has 1 saturated heterocycles. The number of aromatic hydroxyl groups is 1. The summed E-state index contributed by atoms with van der Waals surface area (Å²) in [6.45, 7) is 3.04. The Balaban J connectivity index is 1.45. The lowest BCUT2D eigenvalue weighted by Gasteiger charge is -2.36. The predicted octanol–water partition coefficient (Wildman–Crippen LogP) is 2.49. The Morgan fingerprint density at radius 1 is 0.969 bits per heavy atom. The Kier molecular flexibility index (Phi) is 5.06. The molecule has 0 amide bonds. The molecule has 5 rings (SSSR count). The zero-order valence-electron chi connectivity index (χ0n) is 17.3. The monoisotopic (exact) mass is 452 g/mol. The zero-order chi connectivity index (χ0) is 22.2. The number of nitrogens with zero attached hydrogens (tertiary/aromatic N) is 7. The van der Waals surface area contributed by atoms with Crippen molar-refractivity contribution < 1.29 is 9.84 Å². The van der Waals surface area contributed by atoms with Crippen LogP contribution in [0.25, 0.3) is 16.9 Å². The molecular formula is C21H21ClN8O2. The summed E-state index contributed by atoms with van der Waals surface area (Å²) in [5, 5.41) is 9.84. The molecule has 0 bridgehead atoms. The number of nitrogen functional groups attached to an aromatic ring is 1. The number of imidazole rings is 1. The van der Waals surface area contributed by atoms with Crippen LogP contribution in [-0.4, -0.2) is 62.9 Å². The summed E-state index contributed by atoms with van der Waals surface area (Å²) in [5.41, 5.74) is 9.02. The summed E-state index contributed by atoms with van der Waals surface area (Å²) in [4.78, 5) is 22.2. The summed E-state index contributed by atoms with van der Waals surface area (Å²) in [6, 6.07) is 10.7. The van der Waals surface area contributed by atoms with E-state index < -0.39 is 0 Å². The Labute approximate surface area is 188 Å².